The van der Waals surface area contributed by atoms with Crippen LogP contribution in [0.3, 0.4) is 0 Å². The molecule has 1 aromatic rings. The van der Waals surface area contributed by atoms with Crippen molar-refractivity contribution in [1.29, 1.82) is 0 Å². The standard InChI is InChI=1S/C7H9NO3S.Na/c1-11-6-2-4-7(5-3-6)12(8,9)10;/h2-5H,1H3,(H2,8,9,10);. The monoisotopic (exact) mass is 210 g/mol. The van der Waals surface area contributed by atoms with Gasteiger partial charge in [-0.15, -0.1) is 0 Å². The molecule has 13 heavy (non-hydrogen) atoms. The molecule has 6 heteroatoms. The third-order valence-corrected chi connectivity index (χ3v) is 2.32. The average molecular weight is 210 g/mol. The van der Waals surface area contributed by atoms with Crippen LogP contribution in [0, 0.1) is 0 Å². The van der Waals surface area contributed by atoms with Crippen LogP contribution in [0.1, 0.15) is 0 Å². The second-order valence-electron chi connectivity index (χ2n) is 2.22. The number of hydrogen-bond donors (Lipinski definition) is 1. The Morgan fingerprint density at radius 2 is 1.69 bits per heavy atom. The summed E-state index contributed by atoms with van der Waals surface area (Å²) in [7, 11) is -2.08. The minimum Gasteiger partial charge on any atom is -0.497 e. The first-order chi connectivity index (χ1) is 5.54. The number of ether oxygens (including phenoxy) is 1. The Morgan fingerprint density at radius 3 is 2.00 bits per heavy atom. The minimum atomic E-state index is -3.58. The van der Waals surface area contributed by atoms with Crippen LogP contribution in [0.2, 0.25) is 0 Å². The molecule has 0 aliphatic carbocycles. The van der Waals surface area contributed by atoms with E-state index >= 15 is 0 Å². The van der Waals surface area contributed by atoms with Crippen LogP contribution < -0.4 is 9.88 Å². The van der Waals surface area contributed by atoms with Gasteiger partial charge in [-0.2, -0.15) is 0 Å². The van der Waals surface area contributed by atoms with Crippen LogP contribution in [0.15, 0.2) is 29.2 Å². The van der Waals surface area contributed by atoms with Crippen LogP contribution in [0.25, 0.3) is 0 Å². The fraction of sp³-hybridized carbons (Fsp3) is 0.143. The Bertz CT molecular complexity index is 360. The van der Waals surface area contributed by atoms with E-state index in [1.54, 1.807) is 12.1 Å². The molecule has 0 unspecified atom stereocenters. The smallest absolute Gasteiger partial charge is 0.238 e. The number of rotatable bonds is 2. The van der Waals surface area contributed by atoms with Crippen molar-refractivity contribution in [1.82, 2.24) is 0 Å². The van der Waals surface area contributed by atoms with Gasteiger partial charge in [0.1, 0.15) is 5.75 Å². The molecule has 0 spiro atoms. The molecule has 4 nitrogen and oxygen atoms in total. The van der Waals surface area contributed by atoms with Gasteiger partial charge in [0.15, 0.2) is 0 Å². The van der Waals surface area contributed by atoms with Crippen LogP contribution in [0.4, 0.5) is 0 Å². The number of sulfonamides is 1. The van der Waals surface area contributed by atoms with Crippen molar-refractivity contribution in [3.63, 3.8) is 0 Å². The summed E-state index contributed by atoms with van der Waals surface area (Å²) in [4.78, 5) is 0.0864. The first-order valence-corrected chi connectivity index (χ1v) is 4.75. The maximum atomic E-state index is 10.8. The van der Waals surface area contributed by atoms with Crippen LogP contribution >= 0.6 is 0 Å². The molecule has 1 aromatic carbocycles. The van der Waals surface area contributed by atoms with E-state index in [0.717, 1.165) is 0 Å². The summed E-state index contributed by atoms with van der Waals surface area (Å²) in [6, 6.07) is 5.88. The fourth-order valence-electron chi connectivity index (χ4n) is 0.765. The van der Waals surface area contributed by atoms with E-state index in [4.69, 9.17) is 9.88 Å². The molecular formula is C7H9NNaO3S. The molecule has 0 fully saturated rings. The summed E-state index contributed by atoms with van der Waals surface area (Å²) in [6.07, 6.45) is 0. The zero-order valence-corrected chi connectivity index (χ0v) is 10.3. The average Bonchev–Trinajstić information content (AvgIpc) is 2.03. The first-order valence-electron chi connectivity index (χ1n) is 3.21. The molecule has 0 atom stereocenters. The number of primary sulfonamides is 1. The van der Waals surface area contributed by atoms with Gasteiger partial charge in [-0.1, -0.05) is 0 Å². The van der Waals surface area contributed by atoms with Crippen molar-refractivity contribution >= 4 is 39.6 Å². The SMILES string of the molecule is COc1ccc(S(N)(=O)=O)cc1.[Na]. The van der Waals surface area contributed by atoms with Gasteiger partial charge in [0.05, 0.1) is 12.0 Å². The summed E-state index contributed by atoms with van der Waals surface area (Å²) in [5, 5.41) is 4.88. The third kappa shape index (κ3) is 3.66. The largest absolute Gasteiger partial charge is 0.497 e. The number of hydrogen-bond acceptors (Lipinski definition) is 3. The molecule has 0 heterocycles. The molecule has 0 amide bonds. The minimum absolute atomic E-state index is 0. The summed E-state index contributed by atoms with van der Waals surface area (Å²) in [5.41, 5.74) is 0. The van der Waals surface area contributed by atoms with Crippen LogP contribution in [-0.4, -0.2) is 45.1 Å². The van der Waals surface area contributed by atoms with Crippen LogP contribution in [0.5, 0.6) is 5.75 Å². The van der Waals surface area contributed by atoms with Crippen molar-refractivity contribution in [2.24, 2.45) is 5.14 Å². The second-order valence-corrected chi connectivity index (χ2v) is 3.78. The third-order valence-electron chi connectivity index (χ3n) is 1.39. The molecule has 1 rings (SSSR count). The second kappa shape index (κ2) is 4.97. The van der Waals surface area contributed by atoms with Gasteiger partial charge in [-0.3, -0.25) is 0 Å². The maximum absolute atomic E-state index is 10.8. The molecule has 2 N–H and O–H groups in total. The zero-order chi connectivity index (χ0) is 9.19. The first kappa shape index (κ1) is 12.9. The van der Waals surface area contributed by atoms with Gasteiger partial charge in [-0.25, -0.2) is 13.6 Å². The van der Waals surface area contributed by atoms with Crippen molar-refractivity contribution in [3.05, 3.63) is 24.3 Å². The Kier molecular flexibility index (Phi) is 4.95. The van der Waals surface area contributed by atoms with E-state index in [1.807, 2.05) is 0 Å². The molecule has 0 saturated heterocycles. The number of nitrogens with two attached hydrogens (primary N) is 1. The van der Waals surface area contributed by atoms with E-state index in [-0.39, 0.29) is 34.5 Å². The Morgan fingerprint density at radius 1 is 1.23 bits per heavy atom. The zero-order valence-electron chi connectivity index (χ0n) is 7.52. The van der Waals surface area contributed by atoms with Crippen molar-refractivity contribution < 1.29 is 13.2 Å². The number of benzene rings is 1. The predicted molar refractivity (Wildman–Crippen MR) is 50.1 cm³/mol. The van der Waals surface area contributed by atoms with Gasteiger partial charge in [0.2, 0.25) is 10.0 Å². The summed E-state index contributed by atoms with van der Waals surface area (Å²) < 4.78 is 26.4. The van der Waals surface area contributed by atoms with Gasteiger partial charge >= 0.3 is 0 Å². The van der Waals surface area contributed by atoms with Crippen molar-refractivity contribution in [3.8, 4) is 5.75 Å². The van der Waals surface area contributed by atoms with Gasteiger partial charge in [0.25, 0.3) is 0 Å². The molecule has 0 saturated carbocycles. The van der Waals surface area contributed by atoms with E-state index in [1.165, 1.54) is 19.2 Å². The summed E-state index contributed by atoms with van der Waals surface area (Å²) in [6.45, 7) is 0. The fourth-order valence-corrected chi connectivity index (χ4v) is 1.28. The van der Waals surface area contributed by atoms with Gasteiger partial charge < -0.3 is 4.74 Å². The Labute approximate surface area is 99.4 Å². The maximum Gasteiger partial charge on any atom is 0.238 e. The quantitative estimate of drug-likeness (QED) is 0.696. The molecular weight excluding hydrogens is 201 g/mol. The molecule has 1 radical (unpaired) electrons. The van der Waals surface area contributed by atoms with Crippen molar-refractivity contribution in [2.45, 2.75) is 4.90 Å². The molecule has 0 bridgehead atoms. The molecule has 67 valence electrons. The number of methoxy groups -OCH3 is 1. The Hall–Kier alpha value is -0.0700. The predicted octanol–water partition coefficient (Wildman–Crippen LogP) is -0.0382. The molecule has 0 aliphatic heterocycles. The van der Waals surface area contributed by atoms with E-state index in [2.05, 4.69) is 0 Å². The van der Waals surface area contributed by atoms with Gasteiger partial charge in [-0.05, 0) is 24.3 Å². The summed E-state index contributed by atoms with van der Waals surface area (Å²) in [5.74, 6) is 0.599. The normalized spacial score (nSPS) is 10.3. The van der Waals surface area contributed by atoms with E-state index in [0.29, 0.717) is 5.75 Å². The summed E-state index contributed by atoms with van der Waals surface area (Å²) >= 11 is 0. The molecule has 0 aliphatic rings. The Balaban J connectivity index is 0.00000144. The topological polar surface area (TPSA) is 69.4 Å². The van der Waals surface area contributed by atoms with Crippen LogP contribution in [-0.2, 0) is 10.0 Å². The van der Waals surface area contributed by atoms with Gasteiger partial charge in [0, 0.05) is 29.6 Å². The molecule has 0 aromatic heterocycles. The van der Waals surface area contributed by atoms with E-state index in [9.17, 15) is 8.42 Å². The van der Waals surface area contributed by atoms with E-state index < -0.39 is 10.0 Å². The van der Waals surface area contributed by atoms with Crippen molar-refractivity contribution in [2.75, 3.05) is 7.11 Å².